The van der Waals surface area contributed by atoms with Gasteiger partial charge < -0.3 is 0 Å². The summed E-state index contributed by atoms with van der Waals surface area (Å²) in [5.41, 5.74) is 3.09. The van der Waals surface area contributed by atoms with E-state index in [1.807, 2.05) is 6.07 Å². The van der Waals surface area contributed by atoms with E-state index in [4.69, 9.17) is 17.4 Å². The van der Waals surface area contributed by atoms with Gasteiger partial charge in [0.25, 0.3) is 0 Å². The number of hydrazine groups is 1. The number of rotatable bonds is 4. The molecule has 1 unspecified atom stereocenters. The standard InChI is InChI=1S/C14H12BrClF2N2/c15-9-5-6-11(17)13(14(9)18)12(20-19)7-8-3-1-2-4-10(8)16/h1-6,12,20H,7,19H2. The monoisotopic (exact) mass is 360 g/mol. The Kier molecular flexibility index (Phi) is 5.10. The van der Waals surface area contributed by atoms with E-state index in [0.29, 0.717) is 5.02 Å². The molecular formula is C14H12BrClF2N2. The molecule has 0 saturated heterocycles. The predicted octanol–water partition coefficient (Wildman–Crippen LogP) is 4.13. The minimum atomic E-state index is -0.715. The van der Waals surface area contributed by atoms with Gasteiger partial charge in [0, 0.05) is 10.6 Å². The number of hydrogen-bond acceptors (Lipinski definition) is 2. The Morgan fingerprint density at radius 2 is 1.90 bits per heavy atom. The van der Waals surface area contributed by atoms with Gasteiger partial charge in [-0.25, -0.2) is 8.78 Å². The SMILES string of the molecule is NNC(Cc1ccccc1Cl)c1c(F)ccc(Br)c1F. The van der Waals surface area contributed by atoms with Gasteiger partial charge in [0.15, 0.2) is 0 Å². The topological polar surface area (TPSA) is 38.0 Å². The van der Waals surface area contributed by atoms with E-state index in [1.54, 1.807) is 18.2 Å². The third-order valence-electron chi connectivity index (χ3n) is 3.01. The first-order valence-electron chi connectivity index (χ1n) is 5.87. The maximum absolute atomic E-state index is 14.1. The molecule has 20 heavy (non-hydrogen) atoms. The molecule has 2 nitrogen and oxygen atoms in total. The molecule has 0 aliphatic carbocycles. The normalized spacial score (nSPS) is 12.4. The summed E-state index contributed by atoms with van der Waals surface area (Å²) in [5, 5.41) is 0.531. The van der Waals surface area contributed by atoms with E-state index in [1.165, 1.54) is 12.1 Å². The lowest BCUT2D eigenvalue weighted by molar-refractivity contribution is 0.471. The zero-order chi connectivity index (χ0) is 14.7. The Bertz CT molecular complexity index is 622. The largest absolute Gasteiger partial charge is 0.271 e. The smallest absolute Gasteiger partial charge is 0.145 e. The van der Waals surface area contributed by atoms with Crippen LogP contribution < -0.4 is 11.3 Å². The zero-order valence-corrected chi connectivity index (χ0v) is 12.7. The molecule has 0 spiro atoms. The number of halogens is 4. The van der Waals surface area contributed by atoms with Crippen molar-refractivity contribution < 1.29 is 8.78 Å². The molecule has 0 saturated carbocycles. The summed E-state index contributed by atoms with van der Waals surface area (Å²) in [4.78, 5) is 0. The van der Waals surface area contributed by atoms with Crippen molar-refractivity contribution in [2.24, 2.45) is 5.84 Å². The van der Waals surface area contributed by atoms with Crippen LogP contribution in [0.15, 0.2) is 40.9 Å². The number of hydrogen-bond donors (Lipinski definition) is 2. The van der Waals surface area contributed by atoms with Gasteiger partial charge in [-0.1, -0.05) is 29.8 Å². The van der Waals surface area contributed by atoms with Crippen molar-refractivity contribution in [3.8, 4) is 0 Å². The molecule has 1 atom stereocenters. The molecule has 2 aromatic rings. The average Bonchev–Trinajstić information content (AvgIpc) is 2.44. The molecule has 106 valence electrons. The minimum absolute atomic E-state index is 0.109. The van der Waals surface area contributed by atoms with Crippen molar-refractivity contribution in [1.29, 1.82) is 0 Å². The van der Waals surface area contributed by atoms with Crippen LogP contribution in [0.5, 0.6) is 0 Å². The zero-order valence-electron chi connectivity index (χ0n) is 10.3. The van der Waals surface area contributed by atoms with Crippen molar-refractivity contribution in [1.82, 2.24) is 5.43 Å². The Balaban J connectivity index is 2.39. The van der Waals surface area contributed by atoms with Crippen LogP contribution in [0.25, 0.3) is 0 Å². The number of nitrogens with two attached hydrogens (primary N) is 1. The van der Waals surface area contributed by atoms with Gasteiger partial charge in [-0.15, -0.1) is 0 Å². The van der Waals surface area contributed by atoms with E-state index in [9.17, 15) is 8.78 Å². The van der Waals surface area contributed by atoms with Gasteiger partial charge in [0.2, 0.25) is 0 Å². The van der Waals surface area contributed by atoms with Crippen LogP contribution >= 0.6 is 27.5 Å². The summed E-state index contributed by atoms with van der Waals surface area (Å²) in [7, 11) is 0. The molecule has 2 aromatic carbocycles. The molecule has 0 aliphatic rings. The Hall–Kier alpha value is -1.01. The van der Waals surface area contributed by atoms with Crippen molar-refractivity contribution >= 4 is 27.5 Å². The first kappa shape index (κ1) is 15.4. The Morgan fingerprint density at radius 3 is 2.55 bits per heavy atom. The van der Waals surface area contributed by atoms with Gasteiger partial charge in [-0.2, -0.15) is 0 Å². The fraction of sp³-hybridized carbons (Fsp3) is 0.143. The second-order valence-electron chi connectivity index (χ2n) is 4.27. The molecule has 0 aliphatic heterocycles. The third kappa shape index (κ3) is 3.17. The lowest BCUT2D eigenvalue weighted by Gasteiger charge is -2.19. The molecule has 0 bridgehead atoms. The molecule has 0 radical (unpaired) electrons. The van der Waals surface area contributed by atoms with E-state index in [0.717, 1.165) is 5.56 Å². The van der Waals surface area contributed by atoms with E-state index in [-0.39, 0.29) is 16.5 Å². The fourth-order valence-corrected chi connectivity index (χ4v) is 2.55. The average molecular weight is 362 g/mol. The maximum atomic E-state index is 14.1. The molecule has 6 heteroatoms. The van der Waals surface area contributed by atoms with E-state index >= 15 is 0 Å². The second kappa shape index (κ2) is 6.63. The van der Waals surface area contributed by atoms with Crippen LogP contribution in [0.1, 0.15) is 17.2 Å². The van der Waals surface area contributed by atoms with Gasteiger partial charge in [0.1, 0.15) is 11.6 Å². The van der Waals surface area contributed by atoms with Crippen LogP contribution in [0.2, 0.25) is 5.02 Å². The van der Waals surface area contributed by atoms with Crippen molar-refractivity contribution in [3.05, 3.63) is 68.7 Å². The van der Waals surface area contributed by atoms with Crippen LogP contribution in [-0.2, 0) is 6.42 Å². The van der Waals surface area contributed by atoms with E-state index in [2.05, 4.69) is 21.4 Å². The van der Waals surface area contributed by atoms with Gasteiger partial charge in [-0.3, -0.25) is 11.3 Å². The minimum Gasteiger partial charge on any atom is -0.271 e. The maximum Gasteiger partial charge on any atom is 0.145 e. The Labute approximate surface area is 129 Å². The van der Waals surface area contributed by atoms with Gasteiger partial charge in [0.05, 0.1) is 10.5 Å². The van der Waals surface area contributed by atoms with Crippen LogP contribution in [0.4, 0.5) is 8.78 Å². The second-order valence-corrected chi connectivity index (χ2v) is 5.53. The number of nitrogens with one attached hydrogen (secondary N) is 1. The quantitative estimate of drug-likeness (QED) is 0.488. The summed E-state index contributed by atoms with van der Waals surface area (Å²) in [6.07, 6.45) is 0.278. The highest BCUT2D eigenvalue weighted by atomic mass is 79.9. The highest BCUT2D eigenvalue weighted by Gasteiger charge is 2.22. The molecule has 0 aromatic heterocycles. The Morgan fingerprint density at radius 1 is 1.20 bits per heavy atom. The molecule has 2 rings (SSSR count). The summed E-state index contributed by atoms with van der Waals surface area (Å²) in [6.45, 7) is 0. The van der Waals surface area contributed by atoms with Crippen LogP contribution in [0, 0.1) is 11.6 Å². The first-order valence-corrected chi connectivity index (χ1v) is 7.04. The van der Waals surface area contributed by atoms with Crippen LogP contribution in [0.3, 0.4) is 0 Å². The van der Waals surface area contributed by atoms with Crippen molar-refractivity contribution in [2.75, 3.05) is 0 Å². The lowest BCUT2D eigenvalue weighted by Crippen LogP contribution is -2.31. The molecule has 0 amide bonds. The van der Waals surface area contributed by atoms with Crippen molar-refractivity contribution in [3.63, 3.8) is 0 Å². The fourth-order valence-electron chi connectivity index (χ4n) is 1.99. The third-order valence-corrected chi connectivity index (χ3v) is 3.99. The summed E-state index contributed by atoms with van der Waals surface area (Å²) >= 11 is 9.10. The molecule has 0 fully saturated rings. The highest BCUT2D eigenvalue weighted by Crippen LogP contribution is 2.29. The van der Waals surface area contributed by atoms with Gasteiger partial charge in [-0.05, 0) is 46.1 Å². The number of benzene rings is 2. The van der Waals surface area contributed by atoms with Gasteiger partial charge >= 0.3 is 0 Å². The summed E-state index contributed by atoms with van der Waals surface area (Å²) < 4.78 is 28.2. The summed E-state index contributed by atoms with van der Waals surface area (Å²) in [5.74, 6) is 4.13. The predicted molar refractivity (Wildman–Crippen MR) is 79.3 cm³/mol. The molecule has 3 N–H and O–H groups in total. The highest BCUT2D eigenvalue weighted by molar-refractivity contribution is 9.10. The molecule has 0 heterocycles. The molecular weight excluding hydrogens is 350 g/mol. The lowest BCUT2D eigenvalue weighted by atomic mass is 9.98. The van der Waals surface area contributed by atoms with E-state index < -0.39 is 17.7 Å². The first-order chi connectivity index (χ1) is 9.54. The summed E-state index contributed by atoms with van der Waals surface area (Å²) in [6, 6.07) is 8.90. The van der Waals surface area contributed by atoms with Crippen molar-refractivity contribution in [2.45, 2.75) is 12.5 Å². The van der Waals surface area contributed by atoms with Crippen LogP contribution in [-0.4, -0.2) is 0 Å².